The SMILES string of the molecule is C.C#Cc1ccnc(Br)c1.COc1ccc(CN=[N+]=[N-])cc1.COc1ccc(Cn2cc(-c3ccnc(Br)c3)nn2)cc1.COc1ccc(Cn2cc(-c3ccnc(Nc4cc(C)cc(Br)n4)c3)nn2)cc1.Cc1cc(N)nc(Br)c1. The van der Waals surface area contributed by atoms with E-state index in [2.05, 4.69) is 131 Å². The van der Waals surface area contributed by atoms with E-state index in [0.29, 0.717) is 31.3 Å². The smallest absolute Gasteiger partial charge is 0.133 e. The number of anilines is 3. The minimum Gasteiger partial charge on any atom is -0.497 e. The molecule has 0 saturated carbocycles. The number of methoxy groups -OCH3 is 3. The Labute approximate surface area is 504 Å². The molecule has 7 aromatic heterocycles. The van der Waals surface area contributed by atoms with Crippen LogP contribution in [0.1, 0.15) is 40.8 Å². The van der Waals surface area contributed by atoms with Crippen molar-refractivity contribution >= 4 is 81.2 Å². The number of terminal acetylenes is 1. The van der Waals surface area contributed by atoms with Crippen LogP contribution in [0.3, 0.4) is 0 Å². The lowest BCUT2D eigenvalue weighted by atomic mass is 10.2. The Morgan fingerprint density at radius 1 is 0.580 bits per heavy atom. The van der Waals surface area contributed by atoms with E-state index in [1.807, 2.05) is 157 Å². The molecule has 10 aromatic rings. The molecule has 0 amide bonds. The minimum atomic E-state index is 0. The second kappa shape index (κ2) is 33.2. The van der Waals surface area contributed by atoms with Crippen LogP contribution in [-0.4, -0.2) is 76.2 Å². The van der Waals surface area contributed by atoms with Gasteiger partial charge < -0.3 is 25.3 Å². The lowest BCUT2D eigenvalue weighted by molar-refractivity contribution is 0.414. The maximum atomic E-state index is 8.06. The number of nitrogens with zero attached hydrogens (tertiary/aromatic N) is 14. The summed E-state index contributed by atoms with van der Waals surface area (Å²) in [6.07, 6.45) is 14.1. The van der Waals surface area contributed by atoms with Gasteiger partial charge in [-0.1, -0.05) is 65.3 Å². The number of ether oxygens (including phenoxy) is 3. The normalized spacial score (nSPS) is 9.88. The van der Waals surface area contributed by atoms with Gasteiger partial charge in [-0.05, 0) is 208 Å². The summed E-state index contributed by atoms with van der Waals surface area (Å²) in [6.45, 7) is 5.68. The Bertz CT molecular complexity index is 3580. The number of rotatable bonds is 13. The lowest BCUT2D eigenvalue weighted by Crippen LogP contribution is -2.00. The first kappa shape index (κ1) is 63.3. The maximum Gasteiger partial charge on any atom is 0.133 e. The topological polar surface area (TPSA) is 240 Å². The summed E-state index contributed by atoms with van der Waals surface area (Å²) in [4.78, 5) is 23.4. The van der Waals surface area contributed by atoms with Gasteiger partial charge in [0, 0.05) is 40.2 Å². The van der Waals surface area contributed by atoms with E-state index in [4.69, 9.17) is 31.9 Å². The van der Waals surface area contributed by atoms with Gasteiger partial charge in [0.05, 0.1) is 53.4 Å². The van der Waals surface area contributed by atoms with Crippen molar-refractivity contribution in [3.8, 4) is 52.1 Å². The average molecular weight is 1340 g/mol. The third kappa shape index (κ3) is 21.9. The summed E-state index contributed by atoms with van der Waals surface area (Å²) in [6, 6.07) is 42.1. The third-order valence-electron chi connectivity index (χ3n) is 10.7. The number of nitrogen functional groups attached to an aromatic ring is 1. The second-order valence-corrected chi connectivity index (χ2v) is 20.0. The Morgan fingerprint density at radius 3 is 1.49 bits per heavy atom. The Kier molecular flexibility index (Phi) is 25.9. The van der Waals surface area contributed by atoms with E-state index >= 15 is 0 Å². The highest BCUT2D eigenvalue weighted by atomic mass is 79.9. The monoisotopic (exact) mass is 1340 g/mol. The predicted molar refractivity (Wildman–Crippen MR) is 332 cm³/mol. The predicted octanol–water partition coefficient (Wildman–Crippen LogP) is 14.5. The zero-order valence-electron chi connectivity index (χ0n) is 43.9. The van der Waals surface area contributed by atoms with Crippen LogP contribution >= 0.6 is 63.7 Å². The first-order valence-corrected chi connectivity index (χ1v) is 27.1. The number of benzene rings is 3. The summed E-state index contributed by atoms with van der Waals surface area (Å²) in [5.41, 5.74) is 23.3. The molecule has 0 fully saturated rings. The molecule has 3 N–H and O–H groups in total. The molecule has 23 heteroatoms. The van der Waals surface area contributed by atoms with Crippen molar-refractivity contribution in [2.24, 2.45) is 5.11 Å². The minimum absolute atomic E-state index is 0. The molecule has 0 bridgehead atoms. The summed E-state index contributed by atoms with van der Waals surface area (Å²) >= 11 is 13.2. The van der Waals surface area contributed by atoms with Gasteiger partial charge in [0.2, 0.25) is 0 Å². The van der Waals surface area contributed by atoms with Gasteiger partial charge in [-0.2, -0.15) is 0 Å². The molecule has 0 atom stereocenters. The van der Waals surface area contributed by atoms with Crippen molar-refractivity contribution in [3.63, 3.8) is 0 Å². The number of hydrogen-bond acceptors (Lipinski definition) is 15. The Morgan fingerprint density at radius 2 is 1.05 bits per heavy atom. The van der Waals surface area contributed by atoms with E-state index in [1.54, 1.807) is 52.1 Å². The van der Waals surface area contributed by atoms with Gasteiger partial charge in [-0.15, -0.1) is 16.6 Å². The van der Waals surface area contributed by atoms with E-state index in [-0.39, 0.29) is 7.43 Å². The molecule has 0 aliphatic carbocycles. The van der Waals surface area contributed by atoms with Gasteiger partial charge in [0.1, 0.15) is 64.5 Å². The van der Waals surface area contributed by atoms with Gasteiger partial charge >= 0.3 is 0 Å². The molecule has 7 heterocycles. The van der Waals surface area contributed by atoms with Crippen molar-refractivity contribution < 1.29 is 14.2 Å². The van der Waals surface area contributed by atoms with Gasteiger partial charge in [-0.25, -0.2) is 34.3 Å². The summed E-state index contributed by atoms with van der Waals surface area (Å²) in [5, 5.41) is 23.6. The van der Waals surface area contributed by atoms with E-state index < -0.39 is 0 Å². The fraction of sp³-hybridized carbons (Fsp3) is 0.155. The van der Waals surface area contributed by atoms with Crippen molar-refractivity contribution in [2.75, 3.05) is 32.4 Å². The molecule has 414 valence electrons. The van der Waals surface area contributed by atoms with Crippen LogP contribution in [0.25, 0.3) is 33.0 Å². The highest BCUT2D eigenvalue weighted by Crippen LogP contribution is 2.24. The molecule has 0 unspecified atom stereocenters. The highest BCUT2D eigenvalue weighted by molar-refractivity contribution is 9.11. The number of nitrogens with two attached hydrogens (primary N) is 1. The van der Waals surface area contributed by atoms with Crippen molar-refractivity contribution in [3.05, 3.63) is 227 Å². The highest BCUT2D eigenvalue weighted by Gasteiger charge is 2.09. The zero-order chi connectivity index (χ0) is 57.2. The van der Waals surface area contributed by atoms with Crippen molar-refractivity contribution in [1.29, 1.82) is 0 Å². The maximum absolute atomic E-state index is 8.06. The summed E-state index contributed by atoms with van der Waals surface area (Å²) in [7, 11) is 4.93. The largest absolute Gasteiger partial charge is 0.497 e. The molecule has 0 spiro atoms. The van der Waals surface area contributed by atoms with Crippen LogP contribution in [0.15, 0.2) is 188 Å². The Balaban J connectivity index is 0.000000202. The van der Waals surface area contributed by atoms with Crippen molar-refractivity contribution in [1.82, 2.24) is 54.9 Å². The number of pyridine rings is 5. The van der Waals surface area contributed by atoms with E-state index in [0.717, 1.165) is 97.4 Å². The molecular formula is C58H56Br4N16O3. The standard InChI is InChI=1S/C21H19BrN6O.C15H13BrN4O.C8H9N3O.C7H4BrN.C6H7BrN2.CH4/c1-14-9-19(22)24-21(10-14)25-20-11-16(7-8-23-20)18-13-28(27-26-18)12-15-3-5-17(29-2)6-4-15;1-21-13-4-2-11(3-5-13)9-20-10-14(18-19-20)12-6-7-17-15(16)8-12;1-12-8-4-2-7(3-5-8)6-10-11-9;1-2-6-3-4-9-7(8)5-6;1-4-2-5(7)9-6(8)3-4;/h3-11,13H,12H2,1-2H3,(H,23,24,25);2-8,10H,9H2,1H3;2-5H,6H2,1H3;1,3-5H;2-3H,1H3,(H2,8,9);1H4. The van der Waals surface area contributed by atoms with Crippen molar-refractivity contribution in [2.45, 2.75) is 40.9 Å². The van der Waals surface area contributed by atoms with Gasteiger partial charge in [0.15, 0.2) is 0 Å². The molecular weight excluding hydrogens is 1290 g/mol. The van der Waals surface area contributed by atoms with E-state index in [9.17, 15) is 0 Å². The number of hydrogen-bond donors (Lipinski definition) is 2. The number of aryl methyl sites for hydroxylation is 2. The quantitative estimate of drug-likeness (QED) is 0.0359. The number of azide groups is 1. The number of halogens is 4. The lowest BCUT2D eigenvalue weighted by Gasteiger charge is -2.07. The zero-order valence-corrected chi connectivity index (χ0v) is 50.2. The molecule has 0 aliphatic rings. The Hall–Kier alpha value is -8.52. The number of nitrogens with one attached hydrogen (secondary N) is 1. The van der Waals surface area contributed by atoms with Crippen LogP contribution < -0.4 is 25.3 Å². The molecule has 19 nitrogen and oxygen atoms in total. The van der Waals surface area contributed by atoms with Gasteiger partial charge in [0.25, 0.3) is 0 Å². The van der Waals surface area contributed by atoms with Crippen LogP contribution in [0.5, 0.6) is 17.2 Å². The third-order valence-corrected chi connectivity index (χ3v) is 12.4. The molecule has 3 aromatic carbocycles. The second-order valence-electron chi connectivity index (χ2n) is 16.7. The molecule has 0 radical (unpaired) electrons. The first-order valence-electron chi connectivity index (χ1n) is 23.9. The molecule has 81 heavy (non-hydrogen) atoms. The fourth-order valence-electron chi connectivity index (χ4n) is 6.88. The van der Waals surface area contributed by atoms with Crippen LogP contribution in [0.4, 0.5) is 17.5 Å². The summed E-state index contributed by atoms with van der Waals surface area (Å²) in [5.74, 6) is 6.96. The number of aromatic nitrogens is 11. The molecule has 0 aliphatic heterocycles. The first-order chi connectivity index (χ1) is 38.7. The fourth-order valence-corrected chi connectivity index (χ4v) is 8.73. The molecule has 10 rings (SSSR count). The molecule has 0 saturated heterocycles. The van der Waals surface area contributed by atoms with Crippen LogP contribution in [-0.2, 0) is 19.6 Å². The van der Waals surface area contributed by atoms with Crippen LogP contribution in [0.2, 0.25) is 0 Å². The average Bonchev–Trinajstić information content (AvgIpc) is 4.15. The van der Waals surface area contributed by atoms with E-state index in [1.165, 1.54) is 0 Å². The van der Waals surface area contributed by atoms with Gasteiger partial charge in [-0.3, -0.25) is 0 Å². The van der Waals surface area contributed by atoms with Crippen LogP contribution in [0, 0.1) is 26.2 Å². The summed E-state index contributed by atoms with van der Waals surface area (Å²) < 4.78 is 22.1.